The number of hydrogen-bond donors (Lipinski definition) is 0. The fraction of sp³-hybridized carbons (Fsp3) is 0.429. The van der Waals surface area contributed by atoms with Crippen molar-refractivity contribution in [3.63, 3.8) is 0 Å². The maximum Gasteiger partial charge on any atom is 0 e. The van der Waals surface area contributed by atoms with Gasteiger partial charge in [-0.05, 0) is 39.5 Å². The maximum absolute atomic E-state index is 3.21. The second kappa shape index (κ2) is 13.7. The van der Waals surface area contributed by atoms with Gasteiger partial charge in [0.2, 0.25) is 0 Å². The van der Waals surface area contributed by atoms with Crippen molar-refractivity contribution in [1.29, 1.82) is 0 Å². The van der Waals surface area contributed by atoms with E-state index < -0.39 is 0 Å². The molecule has 0 aromatic heterocycles. The van der Waals surface area contributed by atoms with Crippen LogP contribution in [-0.4, -0.2) is 0 Å². The van der Waals surface area contributed by atoms with Crippen LogP contribution in [-0.2, 0) is 20.1 Å². The molecule has 0 saturated heterocycles. The van der Waals surface area contributed by atoms with Gasteiger partial charge in [0.1, 0.15) is 0 Å². The molecule has 0 aromatic rings. The minimum Gasteiger partial charge on any atom is -0.270 e. The molecule has 0 aliphatic heterocycles. The van der Waals surface area contributed by atoms with Crippen LogP contribution in [0.2, 0.25) is 0 Å². The van der Waals surface area contributed by atoms with Gasteiger partial charge in [-0.2, -0.15) is 6.08 Å². The van der Waals surface area contributed by atoms with Crippen LogP contribution < -0.4 is 0 Å². The van der Waals surface area contributed by atoms with Crippen molar-refractivity contribution in [2.75, 3.05) is 0 Å². The number of rotatable bonds is 1. The Morgan fingerprint density at radius 1 is 0.864 bits per heavy atom. The normalized spacial score (nSPS) is 17.9. The summed E-state index contributed by atoms with van der Waals surface area (Å²) in [5.41, 5.74) is 4.37. The molecule has 0 spiro atoms. The third-order valence-electron chi connectivity index (χ3n) is 3.56. The first-order chi connectivity index (χ1) is 10.2. The van der Waals surface area contributed by atoms with Crippen molar-refractivity contribution in [3.05, 3.63) is 71.4 Å². The van der Waals surface area contributed by atoms with Crippen LogP contribution in [0.1, 0.15) is 59.3 Å². The van der Waals surface area contributed by atoms with E-state index in [4.69, 9.17) is 0 Å². The summed E-state index contributed by atoms with van der Waals surface area (Å²) >= 11 is 0. The minimum atomic E-state index is 0. The molecule has 0 heterocycles. The standard InChI is InChI=1S/2C7H10.C7H9.Ir/c2*1-7-5-3-2-4-6-7;1-2-7-5-3-4-6-7;/h2*2-3,6H,4-5H2,1H3;3,5H,2,4H2,1H3;/q;;-1;. The molecule has 3 aliphatic rings. The largest absolute Gasteiger partial charge is 0.270 e. The topological polar surface area (TPSA) is 0 Å². The Labute approximate surface area is 150 Å². The third kappa shape index (κ3) is 10.8. The fourth-order valence-electron chi connectivity index (χ4n) is 2.13. The molecule has 1 radical (unpaired) electrons. The Hall–Kier alpha value is -0.911. The molecule has 123 valence electrons. The molecule has 0 N–H and O–H groups in total. The maximum atomic E-state index is 3.21. The van der Waals surface area contributed by atoms with Crippen LogP contribution in [0.3, 0.4) is 0 Å². The third-order valence-corrected chi connectivity index (χ3v) is 3.56. The molecule has 3 aliphatic carbocycles. The second-order valence-electron chi connectivity index (χ2n) is 5.59. The van der Waals surface area contributed by atoms with Crippen LogP contribution in [0.15, 0.2) is 65.3 Å². The van der Waals surface area contributed by atoms with E-state index in [-0.39, 0.29) is 20.1 Å². The van der Waals surface area contributed by atoms with Crippen molar-refractivity contribution >= 4 is 0 Å². The molecular formula is C21H29Ir-. The molecule has 1 heteroatoms. The zero-order valence-electron chi connectivity index (χ0n) is 14.2. The zero-order chi connectivity index (χ0) is 15.3. The molecule has 0 bridgehead atoms. The van der Waals surface area contributed by atoms with E-state index in [9.17, 15) is 0 Å². The van der Waals surface area contributed by atoms with Gasteiger partial charge in [-0.3, -0.25) is 6.08 Å². The van der Waals surface area contributed by atoms with E-state index in [1.54, 1.807) is 0 Å². The van der Waals surface area contributed by atoms with Crippen molar-refractivity contribution in [1.82, 2.24) is 0 Å². The SMILES string of the molecule is CC1=CCC=CC1.CC1=CCC=CC1.CCC1=[C-]CC=C1.[Ir]. The Kier molecular flexibility index (Phi) is 13.2. The van der Waals surface area contributed by atoms with Gasteiger partial charge in [-0.25, -0.2) is 11.6 Å². The summed E-state index contributed by atoms with van der Waals surface area (Å²) in [6.45, 7) is 6.49. The Morgan fingerprint density at radius 3 is 1.59 bits per heavy atom. The van der Waals surface area contributed by atoms with Gasteiger partial charge in [-0.1, -0.05) is 60.9 Å². The molecule has 0 aromatic carbocycles. The van der Waals surface area contributed by atoms with Crippen LogP contribution in [0, 0.1) is 6.08 Å². The fourth-order valence-corrected chi connectivity index (χ4v) is 2.13. The first kappa shape index (κ1) is 21.1. The van der Waals surface area contributed by atoms with Gasteiger partial charge in [0, 0.05) is 20.1 Å². The average molecular weight is 474 g/mol. The predicted octanol–water partition coefficient (Wildman–Crippen LogP) is 6.65. The van der Waals surface area contributed by atoms with Crippen LogP contribution in [0.4, 0.5) is 0 Å². The summed E-state index contributed by atoms with van der Waals surface area (Å²) in [5.74, 6) is 0. The summed E-state index contributed by atoms with van der Waals surface area (Å²) in [4.78, 5) is 0. The summed E-state index contributed by atoms with van der Waals surface area (Å²) < 4.78 is 0. The van der Waals surface area contributed by atoms with E-state index in [0.29, 0.717) is 0 Å². The smallest absolute Gasteiger partial charge is 0 e. The van der Waals surface area contributed by atoms with Gasteiger partial charge in [0.05, 0.1) is 0 Å². The van der Waals surface area contributed by atoms with Gasteiger partial charge in [-0.15, -0.1) is 6.42 Å². The van der Waals surface area contributed by atoms with Crippen molar-refractivity contribution in [3.8, 4) is 0 Å². The minimum absolute atomic E-state index is 0. The van der Waals surface area contributed by atoms with Gasteiger partial charge >= 0.3 is 0 Å². The van der Waals surface area contributed by atoms with Gasteiger partial charge < -0.3 is 0 Å². The zero-order valence-corrected chi connectivity index (χ0v) is 16.6. The molecule has 0 amide bonds. The monoisotopic (exact) mass is 474 g/mol. The van der Waals surface area contributed by atoms with E-state index in [1.807, 2.05) is 0 Å². The number of allylic oxidation sites excluding steroid dienone is 12. The van der Waals surface area contributed by atoms with E-state index in [2.05, 4.69) is 75.5 Å². The van der Waals surface area contributed by atoms with E-state index >= 15 is 0 Å². The van der Waals surface area contributed by atoms with Crippen LogP contribution in [0.25, 0.3) is 0 Å². The predicted molar refractivity (Wildman–Crippen MR) is 95.1 cm³/mol. The number of hydrogen-bond acceptors (Lipinski definition) is 0. The second-order valence-corrected chi connectivity index (χ2v) is 5.59. The summed E-state index contributed by atoms with van der Waals surface area (Å²) in [6, 6.07) is 0. The summed E-state index contributed by atoms with van der Waals surface area (Å²) in [5, 5.41) is 0. The van der Waals surface area contributed by atoms with Crippen molar-refractivity contribution in [2.24, 2.45) is 0 Å². The Balaban J connectivity index is 0.000000294. The quantitative estimate of drug-likeness (QED) is 0.295. The molecule has 0 saturated carbocycles. The Morgan fingerprint density at radius 2 is 1.41 bits per heavy atom. The summed E-state index contributed by atoms with van der Waals surface area (Å²) in [6.07, 6.45) is 27.6. The first-order valence-corrected chi connectivity index (χ1v) is 8.10. The van der Waals surface area contributed by atoms with Crippen molar-refractivity contribution < 1.29 is 20.1 Å². The molecule has 0 atom stereocenters. The Bertz CT molecular complexity index is 440. The van der Waals surface area contributed by atoms with E-state index in [1.165, 1.54) is 29.6 Å². The summed E-state index contributed by atoms with van der Waals surface area (Å²) in [7, 11) is 0. The molecular weight excluding hydrogens is 444 g/mol. The van der Waals surface area contributed by atoms with Crippen molar-refractivity contribution in [2.45, 2.75) is 59.3 Å². The van der Waals surface area contributed by atoms with Crippen LogP contribution >= 0.6 is 0 Å². The van der Waals surface area contributed by atoms with Gasteiger partial charge in [0.15, 0.2) is 0 Å². The van der Waals surface area contributed by atoms with Crippen LogP contribution in [0.5, 0.6) is 0 Å². The van der Waals surface area contributed by atoms with E-state index in [0.717, 1.165) is 25.7 Å². The molecule has 22 heavy (non-hydrogen) atoms. The molecule has 3 rings (SSSR count). The van der Waals surface area contributed by atoms with Gasteiger partial charge in [0.25, 0.3) is 0 Å². The molecule has 0 fully saturated rings. The average Bonchev–Trinajstić information content (AvgIpc) is 3.04. The molecule has 0 unspecified atom stereocenters. The molecule has 0 nitrogen and oxygen atoms in total. The first-order valence-electron chi connectivity index (χ1n) is 8.10.